The van der Waals surface area contributed by atoms with Crippen LogP contribution in [0.25, 0.3) is 16.6 Å². The Hall–Kier alpha value is -3.77. The van der Waals surface area contributed by atoms with Gasteiger partial charge in [0.15, 0.2) is 0 Å². The van der Waals surface area contributed by atoms with Gasteiger partial charge in [0.1, 0.15) is 23.0 Å². The zero-order valence-electron chi connectivity index (χ0n) is 17.7. The molecule has 33 heavy (non-hydrogen) atoms. The van der Waals surface area contributed by atoms with Crippen LogP contribution in [0.15, 0.2) is 35.3 Å². The largest absolute Gasteiger partial charge is 0.477 e. The van der Waals surface area contributed by atoms with Gasteiger partial charge in [-0.05, 0) is 44.1 Å². The van der Waals surface area contributed by atoms with E-state index >= 15 is 4.39 Å². The van der Waals surface area contributed by atoms with Gasteiger partial charge in [-0.3, -0.25) is 4.79 Å². The minimum Gasteiger partial charge on any atom is -0.477 e. The molecule has 1 saturated heterocycles. The fourth-order valence-electron chi connectivity index (χ4n) is 4.41. The number of nitrogens with zero attached hydrogens (tertiary/aromatic N) is 2. The van der Waals surface area contributed by atoms with E-state index in [4.69, 9.17) is 6.42 Å². The summed E-state index contributed by atoms with van der Waals surface area (Å²) in [5, 5.41) is 12.3. The number of carboxylic acid groups (broad SMARTS) is 1. The van der Waals surface area contributed by atoms with Gasteiger partial charge in [0, 0.05) is 25.4 Å². The molecule has 2 N–H and O–H groups in total. The number of nitrogens with one attached hydrogen (secondary N) is 1. The normalized spacial score (nSPS) is 15.7. The first-order valence-electron chi connectivity index (χ1n) is 10.2. The Morgan fingerprint density at radius 1 is 1.27 bits per heavy atom. The SMILES string of the molecule is C#Cc1c(N2CCC(CNC)C2)c(F)cc2c(=O)c(C(=O)O)cn(-c3ccc(F)cc3F)c12. The van der Waals surface area contributed by atoms with Crippen molar-refractivity contribution in [1.29, 1.82) is 0 Å². The van der Waals surface area contributed by atoms with Crippen LogP contribution in [-0.4, -0.2) is 42.3 Å². The smallest absolute Gasteiger partial charge is 0.341 e. The average molecular weight is 455 g/mol. The summed E-state index contributed by atoms with van der Waals surface area (Å²) in [5.41, 5.74) is -1.82. The van der Waals surface area contributed by atoms with E-state index < -0.39 is 34.4 Å². The second-order valence-corrected chi connectivity index (χ2v) is 7.92. The number of aromatic nitrogens is 1. The Bertz CT molecular complexity index is 1380. The first-order valence-corrected chi connectivity index (χ1v) is 10.2. The van der Waals surface area contributed by atoms with Gasteiger partial charge in [0.05, 0.1) is 27.8 Å². The van der Waals surface area contributed by atoms with Crippen molar-refractivity contribution in [3.05, 3.63) is 69.3 Å². The van der Waals surface area contributed by atoms with Crippen molar-refractivity contribution in [3.63, 3.8) is 0 Å². The predicted molar refractivity (Wildman–Crippen MR) is 119 cm³/mol. The Kier molecular flexibility index (Phi) is 5.87. The van der Waals surface area contributed by atoms with Crippen LogP contribution in [0.1, 0.15) is 22.3 Å². The summed E-state index contributed by atoms with van der Waals surface area (Å²) in [5.74, 6) is -1.51. The van der Waals surface area contributed by atoms with Gasteiger partial charge in [-0.25, -0.2) is 18.0 Å². The molecular formula is C24H20F3N3O3. The van der Waals surface area contributed by atoms with E-state index in [9.17, 15) is 23.5 Å². The zero-order valence-corrected chi connectivity index (χ0v) is 17.7. The maximum atomic E-state index is 15.3. The van der Waals surface area contributed by atoms with Crippen LogP contribution in [0.4, 0.5) is 18.9 Å². The maximum absolute atomic E-state index is 15.3. The number of carboxylic acids is 1. The Balaban J connectivity index is 2.08. The van der Waals surface area contributed by atoms with Crippen molar-refractivity contribution in [2.75, 3.05) is 31.6 Å². The van der Waals surface area contributed by atoms with E-state index in [2.05, 4.69) is 11.2 Å². The highest BCUT2D eigenvalue weighted by Crippen LogP contribution is 2.35. The molecule has 6 nitrogen and oxygen atoms in total. The number of pyridine rings is 1. The van der Waals surface area contributed by atoms with Gasteiger partial charge in [0.2, 0.25) is 5.43 Å². The van der Waals surface area contributed by atoms with Gasteiger partial charge in [-0.15, -0.1) is 6.42 Å². The van der Waals surface area contributed by atoms with Gasteiger partial charge < -0.3 is 19.9 Å². The lowest BCUT2D eigenvalue weighted by Crippen LogP contribution is -2.26. The number of hydrogen-bond donors (Lipinski definition) is 2. The van der Waals surface area contributed by atoms with Crippen LogP contribution in [0, 0.1) is 35.7 Å². The van der Waals surface area contributed by atoms with Gasteiger partial charge >= 0.3 is 5.97 Å². The van der Waals surface area contributed by atoms with E-state index in [1.165, 1.54) is 0 Å². The third-order valence-electron chi connectivity index (χ3n) is 5.85. The fourth-order valence-corrected chi connectivity index (χ4v) is 4.41. The Morgan fingerprint density at radius 3 is 2.67 bits per heavy atom. The third kappa shape index (κ3) is 3.83. The highest BCUT2D eigenvalue weighted by molar-refractivity contribution is 5.97. The van der Waals surface area contributed by atoms with Crippen LogP contribution in [0.2, 0.25) is 0 Å². The molecule has 4 rings (SSSR count). The minimum absolute atomic E-state index is 0.00660. The van der Waals surface area contributed by atoms with Crippen molar-refractivity contribution in [1.82, 2.24) is 9.88 Å². The number of carbonyl (C=O) groups is 1. The van der Waals surface area contributed by atoms with E-state index in [0.29, 0.717) is 19.2 Å². The summed E-state index contributed by atoms with van der Waals surface area (Å²) in [6.45, 7) is 1.76. The zero-order chi connectivity index (χ0) is 23.9. The first kappa shape index (κ1) is 22.4. The number of fused-ring (bicyclic) bond motifs is 1. The van der Waals surface area contributed by atoms with Crippen LogP contribution in [0.5, 0.6) is 0 Å². The van der Waals surface area contributed by atoms with E-state index in [1.807, 2.05) is 7.05 Å². The number of terminal acetylenes is 1. The summed E-state index contributed by atoms with van der Waals surface area (Å²) >= 11 is 0. The molecule has 1 unspecified atom stereocenters. The standard InChI is InChI=1S/C24H20F3N3O3/c1-3-15-21-16(9-19(27)22(15)29-7-6-13(11-29)10-28-2)23(31)17(24(32)33)12-30(21)20-5-4-14(25)8-18(20)26/h1,4-5,8-9,12-13,28H,6-7,10-11H2,2H3,(H,32,33). The number of aromatic carboxylic acids is 1. The molecule has 0 spiro atoms. The lowest BCUT2D eigenvalue weighted by molar-refractivity contribution is 0.0695. The molecule has 1 atom stereocenters. The quantitative estimate of drug-likeness (QED) is 0.579. The maximum Gasteiger partial charge on any atom is 0.341 e. The Morgan fingerprint density at radius 2 is 2.03 bits per heavy atom. The molecule has 2 aromatic carbocycles. The molecule has 1 fully saturated rings. The molecule has 1 aliphatic heterocycles. The summed E-state index contributed by atoms with van der Waals surface area (Å²) < 4.78 is 44.7. The average Bonchev–Trinajstić information content (AvgIpc) is 3.22. The van der Waals surface area contributed by atoms with Crippen molar-refractivity contribution >= 4 is 22.6 Å². The number of anilines is 1. The third-order valence-corrected chi connectivity index (χ3v) is 5.85. The van der Waals surface area contributed by atoms with Crippen LogP contribution in [-0.2, 0) is 0 Å². The molecular weight excluding hydrogens is 435 g/mol. The Labute approximate surface area is 187 Å². The van der Waals surface area contributed by atoms with E-state index in [1.54, 1.807) is 4.90 Å². The molecule has 0 saturated carbocycles. The molecule has 1 aromatic heterocycles. The van der Waals surface area contributed by atoms with Crippen LogP contribution < -0.4 is 15.6 Å². The first-order chi connectivity index (χ1) is 15.8. The van der Waals surface area contributed by atoms with E-state index in [-0.39, 0.29) is 33.8 Å². The van der Waals surface area contributed by atoms with Gasteiger partial charge in [0.25, 0.3) is 0 Å². The highest BCUT2D eigenvalue weighted by Gasteiger charge is 2.29. The molecule has 9 heteroatoms. The second kappa shape index (κ2) is 8.64. The summed E-state index contributed by atoms with van der Waals surface area (Å²) in [7, 11) is 1.82. The monoisotopic (exact) mass is 455 g/mol. The van der Waals surface area contributed by atoms with Crippen LogP contribution >= 0.6 is 0 Å². The number of rotatable bonds is 5. The van der Waals surface area contributed by atoms with E-state index in [0.717, 1.165) is 41.9 Å². The molecule has 0 radical (unpaired) electrons. The number of benzene rings is 2. The van der Waals surface area contributed by atoms with Crippen LogP contribution in [0.3, 0.4) is 0 Å². The van der Waals surface area contributed by atoms with Crippen molar-refractivity contribution in [3.8, 4) is 18.0 Å². The van der Waals surface area contributed by atoms with Crippen molar-refractivity contribution in [2.24, 2.45) is 5.92 Å². The van der Waals surface area contributed by atoms with Gasteiger partial charge in [-0.2, -0.15) is 0 Å². The summed E-state index contributed by atoms with van der Waals surface area (Å²) in [6, 6.07) is 3.65. The molecule has 3 aromatic rings. The number of halogens is 3. The molecule has 0 aliphatic carbocycles. The lowest BCUT2D eigenvalue weighted by Gasteiger charge is -2.24. The topological polar surface area (TPSA) is 74.6 Å². The molecule has 170 valence electrons. The van der Waals surface area contributed by atoms with Crippen molar-refractivity contribution in [2.45, 2.75) is 6.42 Å². The summed E-state index contributed by atoms with van der Waals surface area (Å²) in [4.78, 5) is 26.3. The van der Waals surface area contributed by atoms with Gasteiger partial charge in [-0.1, -0.05) is 5.92 Å². The molecule has 0 bridgehead atoms. The minimum atomic E-state index is -1.57. The van der Waals surface area contributed by atoms with Crippen molar-refractivity contribution < 1.29 is 23.1 Å². The lowest BCUT2D eigenvalue weighted by atomic mass is 10.0. The predicted octanol–water partition coefficient (Wildman–Crippen LogP) is 3.13. The summed E-state index contributed by atoms with van der Waals surface area (Å²) in [6.07, 6.45) is 7.48. The molecule has 0 amide bonds. The second-order valence-electron chi connectivity index (χ2n) is 7.92. The fraction of sp³-hybridized carbons (Fsp3) is 0.250. The highest BCUT2D eigenvalue weighted by atomic mass is 19.1. The molecule has 2 heterocycles. The molecule has 1 aliphatic rings. The number of hydrogen-bond acceptors (Lipinski definition) is 4.